The average molecular weight is 399 g/mol. The summed E-state index contributed by atoms with van der Waals surface area (Å²) in [5, 5.41) is 7.54. The molecular weight excluding hydrogens is 373 g/mol. The highest BCUT2D eigenvalue weighted by atomic mass is 19.1. The molecular formula is C21H26FN5O2. The van der Waals surface area contributed by atoms with Gasteiger partial charge in [-0.2, -0.15) is 5.10 Å². The molecule has 2 amide bonds. The van der Waals surface area contributed by atoms with Crippen molar-refractivity contribution in [3.8, 4) is 0 Å². The van der Waals surface area contributed by atoms with Crippen molar-refractivity contribution in [3.63, 3.8) is 0 Å². The highest BCUT2D eigenvalue weighted by molar-refractivity contribution is 6.09. The molecule has 2 unspecified atom stereocenters. The number of rotatable bonds is 5. The van der Waals surface area contributed by atoms with Crippen LogP contribution >= 0.6 is 0 Å². The third-order valence-electron chi connectivity index (χ3n) is 6.42. The molecule has 1 aliphatic heterocycles. The summed E-state index contributed by atoms with van der Waals surface area (Å²) in [6, 6.07) is 1.39. The first kappa shape index (κ1) is 19.4. The molecule has 7 nitrogen and oxygen atoms in total. The fraction of sp³-hybridized carbons (Fsp3) is 0.476. The van der Waals surface area contributed by atoms with Gasteiger partial charge in [-0.15, -0.1) is 0 Å². The molecule has 1 fully saturated rings. The molecule has 0 bridgehead atoms. The molecule has 1 aliphatic carbocycles. The first-order chi connectivity index (χ1) is 13.7. The van der Waals surface area contributed by atoms with E-state index >= 15 is 4.39 Å². The third-order valence-corrected chi connectivity index (χ3v) is 6.42. The summed E-state index contributed by atoms with van der Waals surface area (Å²) in [4.78, 5) is 26.3. The number of nitrogens with one attached hydrogen (secondary N) is 1. The van der Waals surface area contributed by atoms with Crippen LogP contribution in [0.2, 0.25) is 0 Å². The van der Waals surface area contributed by atoms with Gasteiger partial charge in [-0.3, -0.25) is 9.59 Å². The maximum atomic E-state index is 15.3. The van der Waals surface area contributed by atoms with E-state index in [1.54, 1.807) is 21.7 Å². The van der Waals surface area contributed by atoms with Crippen molar-refractivity contribution in [1.29, 1.82) is 0 Å². The zero-order valence-electron chi connectivity index (χ0n) is 17.0. The minimum absolute atomic E-state index is 0.0485. The lowest BCUT2D eigenvalue weighted by molar-refractivity contribution is -0.114. The van der Waals surface area contributed by atoms with Crippen molar-refractivity contribution in [2.24, 2.45) is 5.73 Å². The number of nitrogens with two attached hydrogens (primary N) is 1. The van der Waals surface area contributed by atoms with Crippen molar-refractivity contribution >= 4 is 28.7 Å². The predicted octanol–water partition coefficient (Wildman–Crippen LogP) is 3.20. The summed E-state index contributed by atoms with van der Waals surface area (Å²) in [7, 11) is 0. The van der Waals surface area contributed by atoms with Crippen molar-refractivity contribution in [2.45, 2.75) is 58.2 Å². The minimum atomic E-state index is -1.33. The molecule has 0 spiro atoms. The van der Waals surface area contributed by atoms with E-state index in [4.69, 9.17) is 5.73 Å². The molecule has 3 N–H and O–H groups in total. The van der Waals surface area contributed by atoms with E-state index in [0.29, 0.717) is 42.7 Å². The fourth-order valence-corrected chi connectivity index (χ4v) is 4.38. The zero-order chi connectivity index (χ0) is 20.9. The van der Waals surface area contributed by atoms with Crippen molar-refractivity contribution in [1.82, 2.24) is 9.61 Å². The van der Waals surface area contributed by atoms with Crippen LogP contribution in [-0.2, 0) is 4.79 Å². The van der Waals surface area contributed by atoms with Crippen molar-refractivity contribution in [3.05, 3.63) is 35.2 Å². The Morgan fingerprint density at radius 1 is 1.45 bits per heavy atom. The number of carbonyl (C=O) groups excluding carboxylic acids is 2. The van der Waals surface area contributed by atoms with Gasteiger partial charge in [0.15, 0.2) is 0 Å². The summed E-state index contributed by atoms with van der Waals surface area (Å²) in [6.07, 6.45) is 5.49. The van der Waals surface area contributed by atoms with E-state index < -0.39 is 17.6 Å². The molecule has 0 aromatic carbocycles. The predicted molar refractivity (Wildman–Crippen MR) is 110 cm³/mol. The second-order valence-corrected chi connectivity index (χ2v) is 8.10. The van der Waals surface area contributed by atoms with E-state index in [1.165, 1.54) is 6.20 Å². The molecule has 154 valence electrons. The van der Waals surface area contributed by atoms with Crippen LogP contribution in [-0.4, -0.2) is 39.7 Å². The number of halogens is 1. The molecule has 0 saturated heterocycles. The first-order valence-electron chi connectivity index (χ1n) is 10.00. The lowest BCUT2D eigenvalue weighted by atomic mass is 9.96. The first-order valence-corrected chi connectivity index (χ1v) is 10.00. The van der Waals surface area contributed by atoms with E-state index in [2.05, 4.69) is 10.4 Å². The lowest BCUT2D eigenvalue weighted by Gasteiger charge is -2.28. The minimum Gasteiger partial charge on any atom is -0.377 e. The van der Waals surface area contributed by atoms with Gasteiger partial charge in [-0.1, -0.05) is 6.92 Å². The largest absolute Gasteiger partial charge is 0.377 e. The molecule has 2 aromatic heterocycles. The van der Waals surface area contributed by atoms with E-state index in [0.717, 1.165) is 17.6 Å². The summed E-state index contributed by atoms with van der Waals surface area (Å²) >= 11 is 0. The molecule has 4 rings (SSSR count). The van der Waals surface area contributed by atoms with E-state index in [-0.39, 0.29) is 11.5 Å². The summed E-state index contributed by atoms with van der Waals surface area (Å²) in [5.74, 6) is -0.678. The number of hydrogen-bond donors (Lipinski definition) is 2. The Bertz CT molecular complexity index is 1040. The summed E-state index contributed by atoms with van der Waals surface area (Å²) < 4.78 is 16.9. The van der Waals surface area contributed by atoms with Crippen LogP contribution in [0.4, 0.5) is 15.8 Å². The molecule has 2 aromatic rings. The number of hydrogen-bond acceptors (Lipinski definition) is 4. The molecule has 29 heavy (non-hydrogen) atoms. The van der Waals surface area contributed by atoms with E-state index in [9.17, 15) is 9.59 Å². The monoisotopic (exact) mass is 399 g/mol. The van der Waals surface area contributed by atoms with Crippen LogP contribution in [0.25, 0.3) is 5.52 Å². The van der Waals surface area contributed by atoms with Crippen LogP contribution in [0.3, 0.4) is 0 Å². The van der Waals surface area contributed by atoms with Gasteiger partial charge < -0.3 is 16.0 Å². The Kier molecular flexibility index (Phi) is 4.59. The molecule has 0 radical (unpaired) electrons. The maximum absolute atomic E-state index is 15.3. The Labute approximate surface area is 168 Å². The number of anilines is 2. The standard InChI is InChI=1S/C21H26FN5O2/c1-4-21(22)7-5-6-17(21)25-18-15(19(23)28)9-24-27-11-14(8-16(18)27)26-10-12(2)13(3)20(26)29/h8-9,11,17,25H,4-7,10H2,1-3H3,(H2,23,28). The van der Waals surface area contributed by atoms with Gasteiger partial charge >= 0.3 is 0 Å². The Balaban J connectivity index is 1.78. The Morgan fingerprint density at radius 2 is 2.21 bits per heavy atom. The third kappa shape index (κ3) is 3.07. The van der Waals surface area contributed by atoms with Gasteiger partial charge in [0.2, 0.25) is 0 Å². The number of alkyl halides is 1. The number of carbonyl (C=O) groups is 2. The normalized spacial score (nSPS) is 24.8. The fourth-order valence-electron chi connectivity index (χ4n) is 4.38. The average Bonchev–Trinajstić information content (AvgIpc) is 3.35. The van der Waals surface area contributed by atoms with Crippen LogP contribution in [0.1, 0.15) is 56.8 Å². The molecule has 8 heteroatoms. The lowest BCUT2D eigenvalue weighted by Crippen LogP contribution is -2.38. The number of primary amides is 1. The van der Waals surface area contributed by atoms with Gasteiger partial charge in [0.25, 0.3) is 11.8 Å². The summed E-state index contributed by atoms with van der Waals surface area (Å²) in [6.45, 7) is 6.10. The van der Waals surface area contributed by atoms with Crippen molar-refractivity contribution < 1.29 is 14.0 Å². The van der Waals surface area contributed by atoms with Crippen LogP contribution < -0.4 is 16.0 Å². The number of aromatic nitrogens is 2. The number of fused-ring (bicyclic) bond motifs is 1. The van der Waals surface area contributed by atoms with Crippen LogP contribution in [0, 0.1) is 0 Å². The van der Waals surface area contributed by atoms with Gasteiger partial charge in [-0.05, 0) is 51.2 Å². The molecule has 3 heterocycles. The molecule has 2 atom stereocenters. The second kappa shape index (κ2) is 6.86. The Hall–Kier alpha value is -2.90. The zero-order valence-corrected chi connectivity index (χ0v) is 17.0. The van der Waals surface area contributed by atoms with Crippen LogP contribution in [0.15, 0.2) is 29.6 Å². The smallest absolute Gasteiger partial charge is 0.254 e. The van der Waals surface area contributed by atoms with Gasteiger partial charge in [-0.25, -0.2) is 8.91 Å². The highest BCUT2D eigenvalue weighted by Gasteiger charge is 2.42. The second-order valence-electron chi connectivity index (χ2n) is 8.10. The maximum Gasteiger partial charge on any atom is 0.254 e. The van der Waals surface area contributed by atoms with Gasteiger partial charge in [0, 0.05) is 12.1 Å². The van der Waals surface area contributed by atoms with E-state index in [1.807, 2.05) is 20.8 Å². The van der Waals surface area contributed by atoms with Gasteiger partial charge in [0.1, 0.15) is 5.67 Å². The van der Waals surface area contributed by atoms with Crippen molar-refractivity contribution in [2.75, 3.05) is 16.8 Å². The topological polar surface area (TPSA) is 92.7 Å². The molecule has 2 aliphatic rings. The quantitative estimate of drug-likeness (QED) is 0.808. The van der Waals surface area contributed by atoms with Crippen LogP contribution in [0.5, 0.6) is 0 Å². The Morgan fingerprint density at radius 3 is 2.83 bits per heavy atom. The SMILES string of the molecule is CCC1(F)CCCC1Nc1c(C(N)=O)cnn2cc(N3CC(C)=C(C)C3=O)cc12. The number of nitrogens with zero attached hydrogens (tertiary/aromatic N) is 3. The number of amides is 2. The molecule has 1 saturated carbocycles. The highest BCUT2D eigenvalue weighted by Crippen LogP contribution is 2.40. The summed E-state index contributed by atoms with van der Waals surface area (Å²) in [5.41, 5.74) is 7.96. The van der Waals surface area contributed by atoms with Gasteiger partial charge in [0.05, 0.1) is 40.9 Å².